The Kier molecular flexibility index (Phi) is 5.08. The van der Waals surface area contributed by atoms with Gasteiger partial charge in [-0.05, 0) is 0 Å². The van der Waals surface area contributed by atoms with Crippen molar-refractivity contribution in [3.8, 4) is 0 Å². The molecule has 14 heavy (non-hydrogen) atoms. The van der Waals surface area contributed by atoms with E-state index >= 15 is 0 Å². The first kappa shape index (κ1) is 13.9. The molecule has 0 aromatic heterocycles. The van der Waals surface area contributed by atoms with Gasteiger partial charge in [0.2, 0.25) is 0 Å². The summed E-state index contributed by atoms with van der Waals surface area (Å²) in [6.45, 7) is 12.1. The summed E-state index contributed by atoms with van der Waals surface area (Å²) in [5.41, 5.74) is -0.363. The quantitative estimate of drug-likeness (QED) is 0.679. The van der Waals surface area contributed by atoms with Gasteiger partial charge in [0.15, 0.2) is 0 Å². The first-order valence-corrected chi connectivity index (χ1v) is 8.07. The van der Waals surface area contributed by atoms with Crippen LogP contribution in [-0.2, 0) is 9.32 Å². The zero-order valence-corrected chi connectivity index (χ0v) is 11.4. The van der Waals surface area contributed by atoms with Crippen molar-refractivity contribution in [2.24, 2.45) is 5.41 Å². The maximum atomic E-state index is 11.8. The standard InChI is InChI=1S/C11H25O2P/c1-7-14(8-2,9-3)13-10(12)11(4,5)6/h14H,7-9H2,1-6H3. The molecule has 0 spiro atoms. The van der Waals surface area contributed by atoms with Crippen LogP contribution in [-0.4, -0.2) is 24.5 Å². The van der Waals surface area contributed by atoms with E-state index in [0.717, 1.165) is 18.5 Å². The van der Waals surface area contributed by atoms with E-state index in [-0.39, 0.29) is 11.4 Å². The van der Waals surface area contributed by atoms with Crippen LogP contribution >= 0.6 is 7.49 Å². The van der Waals surface area contributed by atoms with Gasteiger partial charge >= 0.3 is 88.2 Å². The fourth-order valence-electron chi connectivity index (χ4n) is 1.32. The second kappa shape index (κ2) is 5.11. The molecule has 0 amide bonds. The molecular weight excluding hydrogens is 195 g/mol. The van der Waals surface area contributed by atoms with E-state index in [4.69, 9.17) is 4.52 Å². The van der Waals surface area contributed by atoms with Crippen LogP contribution in [0.25, 0.3) is 0 Å². The van der Waals surface area contributed by atoms with E-state index in [1.807, 2.05) is 20.8 Å². The molecule has 2 nitrogen and oxygen atoms in total. The van der Waals surface area contributed by atoms with Crippen molar-refractivity contribution in [3.63, 3.8) is 0 Å². The van der Waals surface area contributed by atoms with Crippen LogP contribution in [0.1, 0.15) is 41.5 Å². The summed E-state index contributed by atoms with van der Waals surface area (Å²) in [4.78, 5) is 11.8. The summed E-state index contributed by atoms with van der Waals surface area (Å²) in [6.07, 6.45) is 3.09. The Morgan fingerprint density at radius 1 is 1.07 bits per heavy atom. The Bertz CT molecular complexity index is 182. The van der Waals surface area contributed by atoms with Gasteiger partial charge in [0.1, 0.15) is 0 Å². The monoisotopic (exact) mass is 220 g/mol. The van der Waals surface area contributed by atoms with Crippen LogP contribution in [0.4, 0.5) is 0 Å². The summed E-state index contributed by atoms with van der Waals surface area (Å²) in [5, 5.41) is 0. The number of carbonyl (C=O) groups excluding carboxylic acids is 1. The number of carbonyl (C=O) groups is 1. The average Bonchev–Trinajstić information content (AvgIpc) is 2.12. The van der Waals surface area contributed by atoms with Crippen LogP contribution < -0.4 is 0 Å². The van der Waals surface area contributed by atoms with Crippen molar-refractivity contribution in [1.82, 2.24) is 0 Å². The minimum absolute atomic E-state index is 0.0327. The molecular formula is C11H25O2P. The van der Waals surface area contributed by atoms with E-state index in [1.165, 1.54) is 0 Å². The fraction of sp³-hybridized carbons (Fsp3) is 0.909. The second-order valence-corrected chi connectivity index (χ2v) is 9.57. The van der Waals surface area contributed by atoms with Gasteiger partial charge in [-0.3, -0.25) is 0 Å². The molecule has 0 aliphatic rings. The molecule has 0 heterocycles. The van der Waals surface area contributed by atoms with E-state index in [0.29, 0.717) is 0 Å². The first-order valence-electron chi connectivity index (χ1n) is 5.54. The molecule has 0 saturated carbocycles. The molecule has 86 valence electrons. The van der Waals surface area contributed by atoms with E-state index in [2.05, 4.69) is 20.8 Å². The van der Waals surface area contributed by atoms with Crippen LogP contribution in [0, 0.1) is 5.41 Å². The maximum absolute atomic E-state index is 11.8. The summed E-state index contributed by atoms with van der Waals surface area (Å²) < 4.78 is 5.75. The van der Waals surface area contributed by atoms with Crippen LogP contribution in [0.5, 0.6) is 0 Å². The zero-order chi connectivity index (χ0) is 11.4. The molecule has 0 aromatic carbocycles. The zero-order valence-electron chi connectivity index (χ0n) is 10.4. The Labute approximate surface area is 88.8 Å². The molecule has 0 atom stereocenters. The normalized spacial score (nSPS) is 13.9. The van der Waals surface area contributed by atoms with Gasteiger partial charge in [-0.25, -0.2) is 0 Å². The van der Waals surface area contributed by atoms with Crippen LogP contribution in [0.3, 0.4) is 0 Å². The summed E-state index contributed by atoms with van der Waals surface area (Å²) in [7, 11) is -1.74. The molecule has 0 radical (unpaired) electrons. The number of hydrogen-bond donors (Lipinski definition) is 0. The minimum atomic E-state index is -1.74. The molecule has 0 rings (SSSR count). The Balaban J connectivity index is 4.54. The third-order valence-electron chi connectivity index (χ3n) is 2.85. The predicted octanol–water partition coefficient (Wildman–Crippen LogP) is 3.30. The van der Waals surface area contributed by atoms with Gasteiger partial charge in [0.25, 0.3) is 0 Å². The number of hydrogen-bond acceptors (Lipinski definition) is 2. The second-order valence-electron chi connectivity index (χ2n) is 4.88. The van der Waals surface area contributed by atoms with Crippen molar-refractivity contribution < 1.29 is 9.32 Å². The molecule has 0 N–H and O–H groups in total. The summed E-state index contributed by atoms with van der Waals surface area (Å²) >= 11 is 0. The summed E-state index contributed by atoms with van der Waals surface area (Å²) in [5.74, 6) is -0.0327. The van der Waals surface area contributed by atoms with Gasteiger partial charge in [0.05, 0.1) is 0 Å². The molecule has 0 bridgehead atoms. The van der Waals surface area contributed by atoms with Crippen molar-refractivity contribution in [1.29, 1.82) is 0 Å². The average molecular weight is 220 g/mol. The molecule has 0 aliphatic carbocycles. The molecule has 0 aromatic rings. The predicted molar refractivity (Wildman–Crippen MR) is 65.5 cm³/mol. The molecule has 3 heteroatoms. The van der Waals surface area contributed by atoms with Gasteiger partial charge < -0.3 is 0 Å². The van der Waals surface area contributed by atoms with E-state index in [1.54, 1.807) is 0 Å². The molecule has 0 aliphatic heterocycles. The van der Waals surface area contributed by atoms with E-state index < -0.39 is 7.49 Å². The van der Waals surface area contributed by atoms with Crippen molar-refractivity contribution >= 4 is 13.5 Å². The Hall–Kier alpha value is -0.100. The van der Waals surface area contributed by atoms with Gasteiger partial charge in [-0.1, -0.05) is 0 Å². The van der Waals surface area contributed by atoms with Crippen LogP contribution in [0.15, 0.2) is 0 Å². The van der Waals surface area contributed by atoms with Gasteiger partial charge in [-0.15, -0.1) is 0 Å². The molecule has 0 unspecified atom stereocenters. The first-order chi connectivity index (χ1) is 6.31. The SMILES string of the molecule is CC[PH](CC)(CC)OC(=O)C(C)(C)C. The molecule has 0 fully saturated rings. The fourth-order valence-corrected chi connectivity index (χ4v) is 3.95. The van der Waals surface area contributed by atoms with Gasteiger partial charge in [-0.2, -0.15) is 0 Å². The Morgan fingerprint density at radius 2 is 1.43 bits per heavy atom. The van der Waals surface area contributed by atoms with Crippen molar-refractivity contribution in [2.75, 3.05) is 18.5 Å². The Morgan fingerprint density at radius 3 is 1.64 bits per heavy atom. The third-order valence-corrected chi connectivity index (χ3v) is 7.34. The van der Waals surface area contributed by atoms with Crippen molar-refractivity contribution in [2.45, 2.75) is 41.5 Å². The van der Waals surface area contributed by atoms with Crippen molar-refractivity contribution in [3.05, 3.63) is 0 Å². The van der Waals surface area contributed by atoms with E-state index in [9.17, 15) is 4.79 Å². The summed E-state index contributed by atoms with van der Waals surface area (Å²) in [6, 6.07) is 0. The third kappa shape index (κ3) is 3.57. The number of rotatable bonds is 4. The molecule has 0 saturated heterocycles. The topological polar surface area (TPSA) is 26.3 Å². The van der Waals surface area contributed by atoms with Gasteiger partial charge in [0, 0.05) is 0 Å². The van der Waals surface area contributed by atoms with Crippen LogP contribution in [0.2, 0.25) is 0 Å².